The number of hydrogen-bond donors (Lipinski definition) is 0. The summed E-state index contributed by atoms with van der Waals surface area (Å²) in [6, 6.07) is -0.509. The summed E-state index contributed by atoms with van der Waals surface area (Å²) in [7, 11) is 1.35. The predicted octanol–water partition coefficient (Wildman–Crippen LogP) is 2.27. The first-order valence-corrected chi connectivity index (χ1v) is 7.32. The van der Waals surface area contributed by atoms with Crippen molar-refractivity contribution in [2.45, 2.75) is 52.0 Å². The summed E-state index contributed by atoms with van der Waals surface area (Å²) in [5.41, 5.74) is 1.05. The van der Waals surface area contributed by atoms with E-state index in [1.54, 1.807) is 11.8 Å². The average Bonchev–Trinajstić information content (AvgIpc) is 2.87. The number of esters is 1. The average molecular weight is 294 g/mol. The third-order valence-electron chi connectivity index (χ3n) is 3.86. The third-order valence-corrected chi connectivity index (χ3v) is 3.86. The van der Waals surface area contributed by atoms with Gasteiger partial charge in [0.1, 0.15) is 11.6 Å². The Morgan fingerprint density at radius 2 is 2.10 bits per heavy atom. The molecule has 2 heterocycles. The van der Waals surface area contributed by atoms with Crippen molar-refractivity contribution in [3.05, 3.63) is 17.0 Å². The lowest BCUT2D eigenvalue weighted by atomic mass is 9.98. The van der Waals surface area contributed by atoms with Crippen molar-refractivity contribution in [1.82, 2.24) is 10.1 Å². The van der Waals surface area contributed by atoms with E-state index in [1.165, 1.54) is 7.11 Å². The molecule has 1 aromatic heterocycles. The normalized spacial score (nSPS) is 18.9. The molecule has 1 amide bonds. The molecule has 0 radical (unpaired) electrons. The number of carbonyl (C=O) groups excluding carboxylic acids is 2. The molecular weight excluding hydrogens is 272 g/mol. The van der Waals surface area contributed by atoms with E-state index >= 15 is 0 Å². The van der Waals surface area contributed by atoms with E-state index in [2.05, 4.69) is 5.16 Å². The summed E-state index contributed by atoms with van der Waals surface area (Å²) in [5.74, 6) is 0.0917. The molecule has 0 aliphatic carbocycles. The second-order valence-electron chi connectivity index (χ2n) is 5.70. The third kappa shape index (κ3) is 2.94. The van der Waals surface area contributed by atoms with Crippen LogP contribution in [0.1, 0.15) is 60.8 Å². The summed E-state index contributed by atoms with van der Waals surface area (Å²) in [5, 5.41) is 3.91. The zero-order chi connectivity index (χ0) is 15.6. The quantitative estimate of drug-likeness (QED) is 0.800. The lowest BCUT2D eigenvalue weighted by Crippen LogP contribution is -2.48. The Labute approximate surface area is 124 Å². The van der Waals surface area contributed by atoms with Gasteiger partial charge in [-0.1, -0.05) is 19.0 Å². The summed E-state index contributed by atoms with van der Waals surface area (Å²) >= 11 is 0. The van der Waals surface area contributed by atoms with Crippen LogP contribution in [0.15, 0.2) is 4.52 Å². The van der Waals surface area contributed by atoms with Gasteiger partial charge in [0.2, 0.25) is 0 Å². The van der Waals surface area contributed by atoms with Crippen LogP contribution in [0.4, 0.5) is 0 Å². The molecule has 6 heteroatoms. The van der Waals surface area contributed by atoms with Crippen molar-refractivity contribution in [3.63, 3.8) is 0 Å². The van der Waals surface area contributed by atoms with Crippen molar-refractivity contribution in [2.75, 3.05) is 13.7 Å². The maximum absolute atomic E-state index is 12.9. The highest BCUT2D eigenvalue weighted by Gasteiger charge is 2.36. The van der Waals surface area contributed by atoms with Crippen molar-refractivity contribution in [3.8, 4) is 0 Å². The van der Waals surface area contributed by atoms with Crippen LogP contribution in [0, 0.1) is 6.92 Å². The highest BCUT2D eigenvalue weighted by atomic mass is 16.5. The Kier molecular flexibility index (Phi) is 4.65. The first-order valence-electron chi connectivity index (χ1n) is 7.32. The van der Waals surface area contributed by atoms with Gasteiger partial charge in [-0.3, -0.25) is 4.79 Å². The van der Waals surface area contributed by atoms with Gasteiger partial charge in [-0.15, -0.1) is 0 Å². The number of piperidine rings is 1. The van der Waals surface area contributed by atoms with Crippen molar-refractivity contribution in [2.24, 2.45) is 0 Å². The topological polar surface area (TPSA) is 72.6 Å². The maximum atomic E-state index is 12.9. The SMILES string of the molecule is COC(=O)[C@H]1CCCCN1C(=O)c1c(C)noc1C(C)C. The van der Waals surface area contributed by atoms with E-state index in [0.29, 0.717) is 30.0 Å². The predicted molar refractivity (Wildman–Crippen MR) is 76.0 cm³/mol. The monoisotopic (exact) mass is 294 g/mol. The van der Waals surface area contributed by atoms with Crippen LogP contribution in [0.3, 0.4) is 0 Å². The molecule has 1 aliphatic rings. The first-order chi connectivity index (χ1) is 9.97. The summed E-state index contributed by atoms with van der Waals surface area (Å²) in [6.45, 7) is 6.20. The molecule has 6 nitrogen and oxygen atoms in total. The van der Waals surface area contributed by atoms with Gasteiger partial charge in [0.05, 0.1) is 12.8 Å². The smallest absolute Gasteiger partial charge is 0.328 e. The Balaban J connectivity index is 2.33. The number of likely N-dealkylation sites (tertiary alicyclic amines) is 1. The summed E-state index contributed by atoms with van der Waals surface area (Å²) < 4.78 is 10.1. The van der Waals surface area contributed by atoms with Crippen LogP contribution in [0.2, 0.25) is 0 Å². The van der Waals surface area contributed by atoms with Crippen molar-refractivity contribution >= 4 is 11.9 Å². The van der Waals surface area contributed by atoms with Crippen LogP contribution in [0.25, 0.3) is 0 Å². The Morgan fingerprint density at radius 3 is 2.71 bits per heavy atom. The van der Waals surface area contributed by atoms with Gasteiger partial charge in [0.15, 0.2) is 5.76 Å². The van der Waals surface area contributed by atoms with Crippen molar-refractivity contribution < 1.29 is 18.8 Å². The zero-order valence-corrected chi connectivity index (χ0v) is 13.0. The summed E-state index contributed by atoms with van der Waals surface area (Å²) in [6.07, 6.45) is 2.45. The Bertz CT molecular complexity index is 536. The van der Waals surface area contributed by atoms with E-state index in [0.717, 1.165) is 12.8 Å². The van der Waals surface area contributed by atoms with Gasteiger partial charge in [-0.2, -0.15) is 0 Å². The fourth-order valence-corrected chi connectivity index (χ4v) is 2.74. The molecule has 1 aromatic rings. The molecule has 116 valence electrons. The number of methoxy groups -OCH3 is 1. The molecule has 1 fully saturated rings. The second kappa shape index (κ2) is 6.28. The van der Waals surface area contributed by atoms with Crippen LogP contribution in [0.5, 0.6) is 0 Å². The van der Waals surface area contributed by atoms with E-state index in [-0.39, 0.29) is 17.8 Å². The number of rotatable bonds is 3. The highest BCUT2D eigenvalue weighted by molar-refractivity contribution is 5.98. The zero-order valence-electron chi connectivity index (χ0n) is 13.0. The molecule has 2 rings (SSSR count). The number of nitrogens with zero attached hydrogens (tertiary/aromatic N) is 2. The van der Waals surface area contributed by atoms with Crippen LogP contribution < -0.4 is 0 Å². The largest absolute Gasteiger partial charge is 0.467 e. The second-order valence-corrected chi connectivity index (χ2v) is 5.70. The molecule has 0 aromatic carbocycles. The molecule has 1 saturated heterocycles. The van der Waals surface area contributed by atoms with Gasteiger partial charge in [-0.05, 0) is 26.2 Å². The maximum Gasteiger partial charge on any atom is 0.328 e. The summed E-state index contributed by atoms with van der Waals surface area (Å²) in [4.78, 5) is 26.4. The van der Waals surface area contributed by atoms with Crippen LogP contribution in [-0.4, -0.2) is 41.6 Å². The standard InChI is InChI=1S/C15H22N2O4/c1-9(2)13-12(10(3)16-21-13)14(18)17-8-6-5-7-11(17)15(19)20-4/h9,11H,5-8H2,1-4H3/t11-/m1/s1. The molecule has 1 aliphatic heterocycles. The number of hydrogen-bond acceptors (Lipinski definition) is 5. The molecule has 0 N–H and O–H groups in total. The van der Waals surface area contributed by atoms with E-state index in [9.17, 15) is 9.59 Å². The van der Waals surface area contributed by atoms with E-state index < -0.39 is 6.04 Å². The Morgan fingerprint density at radius 1 is 1.38 bits per heavy atom. The van der Waals surface area contributed by atoms with Gasteiger partial charge >= 0.3 is 5.97 Å². The fourth-order valence-electron chi connectivity index (χ4n) is 2.74. The fraction of sp³-hybridized carbons (Fsp3) is 0.667. The van der Waals surface area contributed by atoms with Gasteiger partial charge in [-0.25, -0.2) is 4.79 Å². The molecule has 0 bridgehead atoms. The minimum Gasteiger partial charge on any atom is -0.467 e. The van der Waals surface area contributed by atoms with E-state index in [4.69, 9.17) is 9.26 Å². The van der Waals surface area contributed by atoms with E-state index in [1.807, 2.05) is 13.8 Å². The number of amides is 1. The lowest BCUT2D eigenvalue weighted by molar-refractivity contribution is -0.147. The molecule has 0 spiro atoms. The van der Waals surface area contributed by atoms with Crippen LogP contribution >= 0.6 is 0 Å². The van der Waals surface area contributed by atoms with Gasteiger partial charge in [0.25, 0.3) is 5.91 Å². The minimum atomic E-state index is -0.509. The number of carbonyl (C=O) groups is 2. The molecular formula is C15H22N2O4. The molecule has 21 heavy (non-hydrogen) atoms. The van der Waals surface area contributed by atoms with Gasteiger partial charge < -0.3 is 14.2 Å². The molecule has 1 atom stereocenters. The number of aryl methyl sites for hydroxylation is 1. The molecule has 0 unspecified atom stereocenters. The Hall–Kier alpha value is -1.85. The number of ether oxygens (including phenoxy) is 1. The minimum absolute atomic E-state index is 0.0616. The highest BCUT2D eigenvalue weighted by Crippen LogP contribution is 2.27. The first kappa shape index (κ1) is 15.5. The van der Waals surface area contributed by atoms with Crippen LogP contribution in [-0.2, 0) is 9.53 Å². The van der Waals surface area contributed by atoms with Gasteiger partial charge in [0, 0.05) is 12.5 Å². The number of aromatic nitrogens is 1. The lowest BCUT2D eigenvalue weighted by Gasteiger charge is -2.33. The van der Waals surface area contributed by atoms with Crippen molar-refractivity contribution in [1.29, 1.82) is 0 Å². The molecule has 0 saturated carbocycles.